The largest absolute Gasteiger partial charge is 0.330 e. The van der Waals surface area contributed by atoms with E-state index in [9.17, 15) is 8.78 Å². The molecule has 0 N–H and O–H groups in total. The number of alkyl halides is 3. The van der Waals surface area contributed by atoms with Gasteiger partial charge in [0.05, 0.1) is 5.75 Å². The van der Waals surface area contributed by atoms with Gasteiger partial charge in [-0.25, -0.2) is 0 Å². The van der Waals surface area contributed by atoms with Gasteiger partial charge in [-0.05, 0) is 23.7 Å². The van der Waals surface area contributed by atoms with Crippen LogP contribution in [0.4, 0.5) is 8.78 Å². The van der Waals surface area contributed by atoms with Crippen LogP contribution in [0.1, 0.15) is 0 Å². The zero-order chi connectivity index (χ0) is 9.03. The fourth-order valence-electron chi connectivity index (χ4n) is 0.682. The first-order valence-corrected chi connectivity index (χ1v) is 4.69. The second-order valence-corrected chi connectivity index (χ2v) is 3.82. The first kappa shape index (κ1) is 9.81. The second-order valence-electron chi connectivity index (χ2n) is 2.22. The molecule has 4 heteroatoms. The lowest BCUT2D eigenvalue weighted by Crippen LogP contribution is -2.08. The van der Waals surface area contributed by atoms with Gasteiger partial charge in [0.1, 0.15) is 0 Å². The molecule has 0 aliphatic rings. The maximum absolute atomic E-state index is 12.2. The summed E-state index contributed by atoms with van der Waals surface area (Å²) < 4.78 is 24.3. The van der Waals surface area contributed by atoms with E-state index in [-0.39, 0.29) is 0 Å². The van der Waals surface area contributed by atoms with Crippen molar-refractivity contribution >= 4 is 23.4 Å². The number of benzene rings is 1. The zero-order valence-electron chi connectivity index (χ0n) is 6.14. The number of thioether (sulfide) groups is 1. The van der Waals surface area contributed by atoms with Gasteiger partial charge < -0.3 is 0 Å². The lowest BCUT2D eigenvalue weighted by Gasteiger charge is -2.06. The van der Waals surface area contributed by atoms with E-state index >= 15 is 0 Å². The minimum Gasteiger partial charge on any atom is -0.187 e. The highest BCUT2D eigenvalue weighted by atomic mass is 35.5. The summed E-state index contributed by atoms with van der Waals surface area (Å²) in [5, 5.41) is -3.11. The van der Waals surface area contributed by atoms with Gasteiger partial charge >= 0.3 is 5.38 Å². The molecule has 0 heterocycles. The van der Waals surface area contributed by atoms with Crippen molar-refractivity contribution in [2.24, 2.45) is 0 Å². The first-order chi connectivity index (χ1) is 5.58. The Morgan fingerprint density at radius 2 is 1.83 bits per heavy atom. The minimum atomic E-state index is -3.11. The van der Waals surface area contributed by atoms with Crippen LogP contribution < -0.4 is 0 Å². The first-order valence-electron chi connectivity index (χ1n) is 3.32. The zero-order valence-corrected chi connectivity index (χ0v) is 7.71. The Kier molecular flexibility index (Phi) is 3.35. The van der Waals surface area contributed by atoms with Gasteiger partial charge in [0.15, 0.2) is 0 Å². The molecule has 0 nitrogen and oxygen atoms in total. The fourth-order valence-corrected chi connectivity index (χ4v) is 1.53. The van der Waals surface area contributed by atoms with Crippen molar-refractivity contribution in [3.8, 4) is 0 Å². The Morgan fingerprint density at radius 3 is 2.33 bits per heavy atom. The quantitative estimate of drug-likeness (QED) is 0.540. The molecule has 1 aromatic rings. The highest BCUT2D eigenvalue weighted by molar-refractivity contribution is 7.99. The van der Waals surface area contributed by atoms with Crippen LogP contribution in [0, 0.1) is 0 Å². The van der Waals surface area contributed by atoms with Crippen molar-refractivity contribution < 1.29 is 8.78 Å². The van der Waals surface area contributed by atoms with Crippen LogP contribution in [0.15, 0.2) is 35.2 Å². The third-order valence-corrected chi connectivity index (χ3v) is 2.55. The Labute approximate surface area is 78.9 Å². The standard InChI is InChI=1S/C8H7ClF2S/c9-8(10,11)6-12-7-4-2-1-3-5-7/h1-5H,6H2. The molecule has 0 aliphatic heterocycles. The summed E-state index contributed by atoms with van der Waals surface area (Å²) in [7, 11) is 0. The van der Waals surface area contributed by atoms with E-state index in [1.165, 1.54) is 0 Å². The Bertz CT molecular complexity index is 233. The van der Waals surface area contributed by atoms with Gasteiger partial charge in [-0.3, -0.25) is 0 Å². The Hall–Kier alpha value is -0.280. The summed E-state index contributed by atoms with van der Waals surface area (Å²) in [5.41, 5.74) is 0. The van der Waals surface area contributed by atoms with Crippen molar-refractivity contribution in [3.05, 3.63) is 30.3 Å². The fraction of sp³-hybridized carbons (Fsp3) is 0.250. The monoisotopic (exact) mass is 208 g/mol. The van der Waals surface area contributed by atoms with E-state index in [0.717, 1.165) is 16.7 Å². The molecule has 0 aliphatic carbocycles. The van der Waals surface area contributed by atoms with Crippen molar-refractivity contribution in [2.75, 3.05) is 5.75 Å². The topological polar surface area (TPSA) is 0 Å². The van der Waals surface area contributed by atoms with Crippen LogP contribution in [0.5, 0.6) is 0 Å². The number of rotatable bonds is 3. The number of halogens is 3. The van der Waals surface area contributed by atoms with E-state index < -0.39 is 11.1 Å². The van der Waals surface area contributed by atoms with E-state index in [1.807, 2.05) is 6.07 Å². The predicted molar refractivity (Wildman–Crippen MR) is 48.0 cm³/mol. The van der Waals surface area contributed by atoms with E-state index in [4.69, 9.17) is 11.6 Å². The van der Waals surface area contributed by atoms with Crippen molar-refractivity contribution in [1.82, 2.24) is 0 Å². The molecule has 66 valence electrons. The molecule has 12 heavy (non-hydrogen) atoms. The van der Waals surface area contributed by atoms with Crippen LogP contribution in [0.2, 0.25) is 0 Å². The highest BCUT2D eigenvalue weighted by Gasteiger charge is 2.24. The molecule has 0 unspecified atom stereocenters. The van der Waals surface area contributed by atoms with Crippen molar-refractivity contribution in [1.29, 1.82) is 0 Å². The van der Waals surface area contributed by atoms with E-state index in [1.54, 1.807) is 24.3 Å². The number of hydrogen-bond acceptors (Lipinski definition) is 1. The smallest absolute Gasteiger partial charge is 0.187 e. The third-order valence-electron chi connectivity index (χ3n) is 1.15. The van der Waals surface area contributed by atoms with Crippen LogP contribution in [0.3, 0.4) is 0 Å². The van der Waals surface area contributed by atoms with Crippen LogP contribution >= 0.6 is 23.4 Å². The molecule has 0 fully saturated rings. The summed E-state index contributed by atoms with van der Waals surface area (Å²) in [6.45, 7) is 0. The van der Waals surface area contributed by atoms with Crippen LogP contribution in [-0.2, 0) is 0 Å². The maximum atomic E-state index is 12.2. The second kappa shape index (κ2) is 4.10. The highest BCUT2D eigenvalue weighted by Crippen LogP contribution is 2.28. The molecule has 0 saturated heterocycles. The molecule has 0 aromatic heterocycles. The molecular weight excluding hydrogens is 202 g/mol. The summed E-state index contributed by atoms with van der Waals surface area (Å²) in [6.07, 6.45) is 0. The molecule has 0 spiro atoms. The normalized spacial score (nSPS) is 11.6. The minimum absolute atomic E-state index is 0.390. The molecule has 0 radical (unpaired) electrons. The van der Waals surface area contributed by atoms with E-state index in [2.05, 4.69) is 0 Å². The lowest BCUT2D eigenvalue weighted by atomic mass is 10.4. The molecule has 0 amide bonds. The van der Waals surface area contributed by atoms with Crippen LogP contribution in [-0.4, -0.2) is 11.1 Å². The van der Waals surface area contributed by atoms with Gasteiger partial charge in [-0.15, -0.1) is 11.8 Å². The average Bonchev–Trinajstić information content (AvgIpc) is 2.02. The van der Waals surface area contributed by atoms with Gasteiger partial charge in [0, 0.05) is 4.90 Å². The van der Waals surface area contributed by atoms with E-state index in [0.29, 0.717) is 0 Å². The summed E-state index contributed by atoms with van der Waals surface area (Å²) in [5.74, 6) is -0.390. The lowest BCUT2D eigenvalue weighted by molar-refractivity contribution is 0.125. The van der Waals surface area contributed by atoms with Crippen molar-refractivity contribution in [2.45, 2.75) is 10.3 Å². The molecule has 0 atom stereocenters. The molecule has 0 saturated carbocycles. The third kappa shape index (κ3) is 3.93. The molecule has 0 bridgehead atoms. The van der Waals surface area contributed by atoms with Gasteiger partial charge in [-0.2, -0.15) is 8.78 Å². The Morgan fingerprint density at radius 1 is 1.25 bits per heavy atom. The SMILES string of the molecule is FC(F)(Cl)CSc1ccccc1. The average molecular weight is 209 g/mol. The predicted octanol–water partition coefficient (Wildman–Crippen LogP) is 3.61. The summed E-state index contributed by atoms with van der Waals surface area (Å²) >= 11 is 5.77. The number of hydrogen-bond donors (Lipinski definition) is 0. The Balaban J connectivity index is 2.44. The van der Waals surface area contributed by atoms with Gasteiger partial charge in [0.25, 0.3) is 0 Å². The van der Waals surface area contributed by atoms with Crippen molar-refractivity contribution in [3.63, 3.8) is 0 Å². The van der Waals surface area contributed by atoms with Gasteiger partial charge in [0.2, 0.25) is 0 Å². The van der Waals surface area contributed by atoms with Gasteiger partial charge in [-0.1, -0.05) is 18.2 Å². The summed E-state index contributed by atoms with van der Waals surface area (Å²) in [6, 6.07) is 8.98. The molecule has 1 rings (SSSR count). The summed E-state index contributed by atoms with van der Waals surface area (Å²) in [4.78, 5) is 0.804. The van der Waals surface area contributed by atoms with Crippen LogP contribution in [0.25, 0.3) is 0 Å². The molecule has 1 aromatic carbocycles. The maximum Gasteiger partial charge on any atom is 0.330 e. The molecular formula is C8H7ClF2S.